The van der Waals surface area contributed by atoms with Crippen LogP contribution >= 0.6 is 0 Å². The zero-order valence-electron chi connectivity index (χ0n) is 8.19. The van der Waals surface area contributed by atoms with Crippen LogP contribution in [0.1, 0.15) is 12.8 Å². The Bertz CT molecular complexity index is 273. The molecule has 0 spiro atoms. The molecule has 2 unspecified atom stereocenters. The Kier molecular flexibility index (Phi) is 2.67. The summed E-state index contributed by atoms with van der Waals surface area (Å²) in [7, 11) is 0. The molecule has 2 saturated heterocycles. The first kappa shape index (κ1) is 9.45. The van der Waals surface area contributed by atoms with Gasteiger partial charge in [0.15, 0.2) is 0 Å². The lowest BCUT2D eigenvalue weighted by Gasteiger charge is -2.38. The van der Waals surface area contributed by atoms with Crippen LogP contribution in [0.25, 0.3) is 0 Å². The lowest BCUT2D eigenvalue weighted by Crippen LogP contribution is -2.53. The van der Waals surface area contributed by atoms with Crippen LogP contribution in [0.15, 0.2) is 0 Å². The van der Waals surface area contributed by atoms with Gasteiger partial charge in [0.05, 0.1) is 25.2 Å². The second-order valence-electron chi connectivity index (χ2n) is 4.07. The third kappa shape index (κ3) is 1.59. The number of nitrogens with zero attached hydrogens (tertiary/aromatic N) is 4. The van der Waals surface area contributed by atoms with Crippen LogP contribution in [-0.2, 0) is 0 Å². The summed E-state index contributed by atoms with van der Waals surface area (Å²) in [5.41, 5.74) is 0. The van der Waals surface area contributed by atoms with Crippen molar-refractivity contribution < 1.29 is 0 Å². The topological polar surface area (TPSA) is 54.1 Å². The van der Waals surface area contributed by atoms with E-state index in [0.29, 0.717) is 25.2 Å². The summed E-state index contributed by atoms with van der Waals surface area (Å²) >= 11 is 0. The SMILES string of the molecule is N#CCN1CC2CCC(C1)N2CC#N. The quantitative estimate of drug-likeness (QED) is 0.583. The molecule has 0 aromatic rings. The summed E-state index contributed by atoms with van der Waals surface area (Å²) in [6.45, 7) is 3.01. The predicted octanol–water partition coefficient (Wildman–Crippen LogP) is 0.182. The molecule has 2 heterocycles. The standard InChI is InChI=1S/C10H14N4/c11-3-5-13-7-9-1-2-10(8-13)14(9)6-4-12/h9-10H,1-2,5-8H2. The molecular formula is C10H14N4. The van der Waals surface area contributed by atoms with E-state index in [1.807, 2.05) is 0 Å². The van der Waals surface area contributed by atoms with E-state index < -0.39 is 0 Å². The van der Waals surface area contributed by atoms with E-state index in [1.165, 1.54) is 12.8 Å². The largest absolute Gasteiger partial charge is 0.287 e. The first-order valence-electron chi connectivity index (χ1n) is 5.07. The van der Waals surface area contributed by atoms with Crippen LogP contribution < -0.4 is 0 Å². The monoisotopic (exact) mass is 190 g/mol. The molecule has 0 N–H and O–H groups in total. The third-order valence-electron chi connectivity index (χ3n) is 3.26. The Morgan fingerprint density at radius 3 is 2.07 bits per heavy atom. The molecule has 74 valence electrons. The van der Waals surface area contributed by atoms with Crippen molar-refractivity contribution in [3.05, 3.63) is 0 Å². The van der Waals surface area contributed by atoms with E-state index in [4.69, 9.17) is 10.5 Å². The smallest absolute Gasteiger partial charge is 0.0871 e. The van der Waals surface area contributed by atoms with Crippen LogP contribution in [-0.4, -0.2) is 48.1 Å². The zero-order valence-corrected chi connectivity index (χ0v) is 8.19. The van der Waals surface area contributed by atoms with Gasteiger partial charge in [-0.05, 0) is 12.8 Å². The Labute approximate surface area is 84.3 Å². The van der Waals surface area contributed by atoms with Crippen LogP contribution in [0.3, 0.4) is 0 Å². The number of fused-ring (bicyclic) bond motifs is 2. The third-order valence-corrected chi connectivity index (χ3v) is 3.26. The molecule has 0 aromatic heterocycles. The Morgan fingerprint density at radius 1 is 1.00 bits per heavy atom. The van der Waals surface area contributed by atoms with E-state index >= 15 is 0 Å². The highest BCUT2D eigenvalue weighted by Gasteiger charge is 2.39. The molecule has 2 atom stereocenters. The highest BCUT2D eigenvalue weighted by molar-refractivity contribution is 5.00. The van der Waals surface area contributed by atoms with Gasteiger partial charge in [-0.15, -0.1) is 0 Å². The second-order valence-corrected chi connectivity index (χ2v) is 4.07. The summed E-state index contributed by atoms with van der Waals surface area (Å²) in [4.78, 5) is 4.50. The van der Waals surface area contributed by atoms with Gasteiger partial charge in [-0.2, -0.15) is 10.5 Å². The summed E-state index contributed by atoms with van der Waals surface area (Å²) in [6.07, 6.45) is 2.38. The van der Waals surface area contributed by atoms with Gasteiger partial charge in [0.1, 0.15) is 0 Å². The van der Waals surface area contributed by atoms with Crippen molar-refractivity contribution in [3.8, 4) is 12.1 Å². The maximum Gasteiger partial charge on any atom is 0.0871 e. The number of rotatable bonds is 2. The van der Waals surface area contributed by atoms with Crippen LogP contribution in [0.2, 0.25) is 0 Å². The van der Waals surface area contributed by atoms with Gasteiger partial charge in [-0.25, -0.2) is 0 Å². The number of nitriles is 2. The Balaban J connectivity index is 1.99. The molecule has 0 radical (unpaired) electrons. The van der Waals surface area contributed by atoms with Gasteiger partial charge in [-0.1, -0.05) is 0 Å². The second kappa shape index (κ2) is 3.96. The van der Waals surface area contributed by atoms with E-state index in [1.54, 1.807) is 0 Å². The van der Waals surface area contributed by atoms with Gasteiger partial charge >= 0.3 is 0 Å². The molecule has 4 heteroatoms. The fourth-order valence-corrected chi connectivity index (χ4v) is 2.65. The highest BCUT2D eigenvalue weighted by Crippen LogP contribution is 2.29. The lowest BCUT2D eigenvalue weighted by atomic mass is 10.2. The van der Waals surface area contributed by atoms with Crippen molar-refractivity contribution in [2.24, 2.45) is 0 Å². The van der Waals surface area contributed by atoms with E-state index in [-0.39, 0.29) is 0 Å². The maximum atomic E-state index is 8.69. The van der Waals surface area contributed by atoms with E-state index in [0.717, 1.165) is 13.1 Å². The van der Waals surface area contributed by atoms with Crippen LogP contribution in [0, 0.1) is 22.7 Å². The van der Waals surface area contributed by atoms with Crippen LogP contribution in [0.5, 0.6) is 0 Å². The molecule has 14 heavy (non-hydrogen) atoms. The molecule has 0 amide bonds. The van der Waals surface area contributed by atoms with E-state index in [9.17, 15) is 0 Å². The molecule has 0 aromatic carbocycles. The van der Waals surface area contributed by atoms with Gasteiger partial charge < -0.3 is 0 Å². The molecule has 0 saturated carbocycles. The number of likely N-dealkylation sites (tertiary alicyclic amines) is 1. The van der Waals surface area contributed by atoms with Crippen molar-refractivity contribution >= 4 is 0 Å². The minimum atomic E-state index is 0.516. The lowest BCUT2D eigenvalue weighted by molar-refractivity contribution is 0.0867. The number of hydrogen-bond acceptors (Lipinski definition) is 4. The molecule has 2 aliphatic rings. The molecule has 2 bridgehead atoms. The van der Waals surface area contributed by atoms with Crippen molar-refractivity contribution in [1.82, 2.24) is 9.80 Å². The van der Waals surface area contributed by atoms with Crippen molar-refractivity contribution in [2.45, 2.75) is 24.9 Å². The Morgan fingerprint density at radius 2 is 1.57 bits per heavy atom. The summed E-state index contributed by atoms with van der Waals surface area (Å²) < 4.78 is 0. The molecule has 2 rings (SSSR count). The van der Waals surface area contributed by atoms with Gasteiger partial charge in [-0.3, -0.25) is 9.80 Å². The Hall–Kier alpha value is -1.10. The summed E-state index contributed by atoms with van der Waals surface area (Å²) in [5, 5.41) is 17.3. The van der Waals surface area contributed by atoms with E-state index in [2.05, 4.69) is 21.9 Å². The van der Waals surface area contributed by atoms with Crippen molar-refractivity contribution in [3.63, 3.8) is 0 Å². The average Bonchev–Trinajstić information content (AvgIpc) is 2.44. The molecule has 4 nitrogen and oxygen atoms in total. The first-order valence-corrected chi connectivity index (χ1v) is 5.07. The fourth-order valence-electron chi connectivity index (χ4n) is 2.65. The summed E-state index contributed by atoms with van der Waals surface area (Å²) in [6, 6.07) is 5.45. The molecule has 2 fully saturated rings. The molecule has 2 aliphatic heterocycles. The van der Waals surface area contributed by atoms with Gasteiger partial charge in [0.25, 0.3) is 0 Å². The number of hydrogen-bond donors (Lipinski definition) is 0. The normalized spacial score (nSPS) is 32.4. The van der Waals surface area contributed by atoms with Crippen molar-refractivity contribution in [1.29, 1.82) is 10.5 Å². The van der Waals surface area contributed by atoms with Crippen LogP contribution in [0.4, 0.5) is 0 Å². The van der Waals surface area contributed by atoms with Gasteiger partial charge in [0, 0.05) is 25.2 Å². The van der Waals surface area contributed by atoms with Crippen molar-refractivity contribution in [2.75, 3.05) is 26.2 Å². The first-order chi connectivity index (χ1) is 6.85. The fraction of sp³-hybridized carbons (Fsp3) is 0.800. The molecule has 0 aliphatic carbocycles. The average molecular weight is 190 g/mol. The minimum absolute atomic E-state index is 0.516. The molecular weight excluding hydrogens is 176 g/mol. The maximum absolute atomic E-state index is 8.69. The van der Waals surface area contributed by atoms with Gasteiger partial charge in [0.2, 0.25) is 0 Å². The number of piperazine rings is 1. The summed E-state index contributed by atoms with van der Waals surface area (Å²) in [5.74, 6) is 0. The zero-order chi connectivity index (χ0) is 9.97. The predicted molar refractivity (Wildman–Crippen MR) is 51.2 cm³/mol. The highest BCUT2D eigenvalue weighted by atomic mass is 15.3. The minimum Gasteiger partial charge on any atom is -0.287 e.